The summed E-state index contributed by atoms with van der Waals surface area (Å²) in [5.74, 6) is 0.0386. The molecule has 2 rings (SSSR count). The molecular formula is C15H21N3O3. The first kappa shape index (κ1) is 15.2. The molecule has 21 heavy (non-hydrogen) atoms. The van der Waals surface area contributed by atoms with Crippen molar-refractivity contribution in [3.05, 3.63) is 24.3 Å². The second kappa shape index (κ2) is 6.03. The standard InChI is InChI=1S/C15H21N3O3/c1-10(2)17(3)14(19)9-18-8-13(15(16)20)21-12-7-5-4-6-11(12)18/h4-7,10,13H,8-9H2,1-3H3,(H2,16,20)/t13-/m0/s1. The molecule has 2 amide bonds. The summed E-state index contributed by atoms with van der Waals surface area (Å²) in [7, 11) is 1.77. The number of rotatable bonds is 4. The first-order valence-electron chi connectivity index (χ1n) is 6.95. The zero-order valence-electron chi connectivity index (χ0n) is 12.6. The summed E-state index contributed by atoms with van der Waals surface area (Å²) in [6, 6.07) is 7.46. The van der Waals surface area contributed by atoms with Gasteiger partial charge in [-0.15, -0.1) is 0 Å². The van der Waals surface area contributed by atoms with E-state index >= 15 is 0 Å². The summed E-state index contributed by atoms with van der Waals surface area (Å²) in [4.78, 5) is 27.2. The number of anilines is 1. The molecule has 6 heteroatoms. The van der Waals surface area contributed by atoms with Crippen molar-refractivity contribution < 1.29 is 14.3 Å². The number of nitrogens with zero attached hydrogens (tertiary/aromatic N) is 2. The van der Waals surface area contributed by atoms with Crippen molar-refractivity contribution in [2.45, 2.75) is 26.0 Å². The molecule has 1 aliphatic heterocycles. The van der Waals surface area contributed by atoms with Crippen LogP contribution in [0.25, 0.3) is 0 Å². The first-order chi connectivity index (χ1) is 9.90. The van der Waals surface area contributed by atoms with E-state index in [1.165, 1.54) is 0 Å². The van der Waals surface area contributed by atoms with Gasteiger partial charge in [0.25, 0.3) is 5.91 Å². The molecule has 1 heterocycles. The van der Waals surface area contributed by atoms with Crippen LogP contribution in [0.5, 0.6) is 5.75 Å². The van der Waals surface area contributed by atoms with E-state index in [2.05, 4.69) is 0 Å². The monoisotopic (exact) mass is 291 g/mol. The summed E-state index contributed by atoms with van der Waals surface area (Å²) in [6.45, 7) is 4.39. The van der Waals surface area contributed by atoms with E-state index in [1.54, 1.807) is 18.0 Å². The molecule has 0 unspecified atom stereocenters. The van der Waals surface area contributed by atoms with Crippen LogP contribution in [0.1, 0.15) is 13.8 Å². The smallest absolute Gasteiger partial charge is 0.260 e. The van der Waals surface area contributed by atoms with Crippen LogP contribution in [0.3, 0.4) is 0 Å². The molecule has 1 aliphatic rings. The van der Waals surface area contributed by atoms with E-state index < -0.39 is 12.0 Å². The van der Waals surface area contributed by atoms with Crippen LogP contribution in [0.15, 0.2) is 24.3 Å². The van der Waals surface area contributed by atoms with Crippen molar-refractivity contribution in [2.24, 2.45) is 5.73 Å². The van der Waals surface area contributed by atoms with Gasteiger partial charge in [-0.25, -0.2) is 0 Å². The van der Waals surface area contributed by atoms with Crippen molar-refractivity contribution in [2.75, 3.05) is 25.0 Å². The van der Waals surface area contributed by atoms with Gasteiger partial charge in [-0.05, 0) is 26.0 Å². The largest absolute Gasteiger partial charge is 0.477 e. The van der Waals surface area contributed by atoms with Gasteiger partial charge in [0.05, 0.1) is 18.8 Å². The summed E-state index contributed by atoms with van der Waals surface area (Å²) in [5.41, 5.74) is 6.15. The number of ether oxygens (including phenoxy) is 1. The Kier molecular flexibility index (Phi) is 4.35. The van der Waals surface area contributed by atoms with Crippen LogP contribution in [0.4, 0.5) is 5.69 Å². The maximum atomic E-state index is 12.3. The van der Waals surface area contributed by atoms with Crippen molar-refractivity contribution in [3.63, 3.8) is 0 Å². The summed E-state index contributed by atoms with van der Waals surface area (Å²) in [6.07, 6.45) is -0.739. The molecule has 0 aliphatic carbocycles. The second-order valence-corrected chi connectivity index (χ2v) is 5.46. The average molecular weight is 291 g/mol. The highest BCUT2D eigenvalue weighted by Gasteiger charge is 2.30. The highest BCUT2D eigenvalue weighted by molar-refractivity contribution is 5.85. The van der Waals surface area contributed by atoms with Crippen LogP contribution in [0.2, 0.25) is 0 Å². The number of likely N-dealkylation sites (N-methyl/N-ethyl adjacent to an activating group) is 1. The number of amides is 2. The lowest BCUT2D eigenvalue weighted by molar-refractivity contribution is -0.130. The number of para-hydroxylation sites is 2. The van der Waals surface area contributed by atoms with Crippen LogP contribution >= 0.6 is 0 Å². The Labute approximate surface area is 124 Å². The maximum absolute atomic E-state index is 12.3. The zero-order chi connectivity index (χ0) is 15.6. The topological polar surface area (TPSA) is 75.9 Å². The fraction of sp³-hybridized carbons (Fsp3) is 0.467. The number of hydrogen-bond donors (Lipinski definition) is 1. The van der Waals surface area contributed by atoms with E-state index in [4.69, 9.17) is 10.5 Å². The van der Waals surface area contributed by atoms with E-state index in [0.717, 1.165) is 5.69 Å². The van der Waals surface area contributed by atoms with Gasteiger partial charge in [-0.1, -0.05) is 12.1 Å². The minimum Gasteiger partial charge on any atom is -0.477 e. The molecule has 0 fully saturated rings. The maximum Gasteiger partial charge on any atom is 0.260 e. The Balaban J connectivity index is 2.21. The third-order valence-electron chi connectivity index (χ3n) is 3.67. The summed E-state index contributed by atoms with van der Waals surface area (Å²) >= 11 is 0. The fourth-order valence-electron chi connectivity index (χ4n) is 2.17. The van der Waals surface area contributed by atoms with Gasteiger partial charge >= 0.3 is 0 Å². The van der Waals surface area contributed by atoms with Gasteiger partial charge in [0, 0.05) is 13.1 Å². The number of carbonyl (C=O) groups excluding carboxylic acids is 2. The minimum atomic E-state index is -0.739. The SMILES string of the molecule is CC(C)N(C)C(=O)CN1C[C@@H](C(N)=O)Oc2ccccc21. The second-order valence-electron chi connectivity index (χ2n) is 5.46. The molecule has 0 radical (unpaired) electrons. The Hall–Kier alpha value is -2.24. The van der Waals surface area contributed by atoms with Crippen molar-refractivity contribution >= 4 is 17.5 Å². The van der Waals surface area contributed by atoms with Crippen LogP contribution in [0, 0.1) is 0 Å². The van der Waals surface area contributed by atoms with Crippen LogP contribution < -0.4 is 15.4 Å². The molecule has 114 valence electrons. The molecule has 1 aromatic carbocycles. The van der Waals surface area contributed by atoms with E-state index in [1.807, 2.05) is 36.9 Å². The van der Waals surface area contributed by atoms with E-state index in [0.29, 0.717) is 5.75 Å². The number of nitrogens with two attached hydrogens (primary N) is 1. The van der Waals surface area contributed by atoms with E-state index in [9.17, 15) is 9.59 Å². The molecule has 0 bridgehead atoms. The molecule has 2 N–H and O–H groups in total. The summed E-state index contributed by atoms with van der Waals surface area (Å²) in [5, 5.41) is 0. The van der Waals surface area contributed by atoms with Crippen molar-refractivity contribution in [1.82, 2.24) is 4.90 Å². The molecular weight excluding hydrogens is 270 g/mol. The Morgan fingerprint density at radius 1 is 1.43 bits per heavy atom. The third-order valence-corrected chi connectivity index (χ3v) is 3.67. The molecule has 1 aromatic rings. The zero-order valence-corrected chi connectivity index (χ0v) is 12.6. The van der Waals surface area contributed by atoms with Crippen LogP contribution in [-0.2, 0) is 9.59 Å². The van der Waals surface area contributed by atoms with Crippen LogP contribution in [-0.4, -0.2) is 49.0 Å². The van der Waals surface area contributed by atoms with Gasteiger partial charge in [0.15, 0.2) is 6.10 Å². The molecule has 0 aromatic heterocycles. The number of carbonyl (C=O) groups is 2. The lowest BCUT2D eigenvalue weighted by Crippen LogP contribution is -2.50. The molecule has 6 nitrogen and oxygen atoms in total. The average Bonchev–Trinajstić information content (AvgIpc) is 2.45. The van der Waals surface area contributed by atoms with Gasteiger partial charge in [-0.3, -0.25) is 9.59 Å². The lowest BCUT2D eigenvalue weighted by atomic mass is 10.1. The lowest BCUT2D eigenvalue weighted by Gasteiger charge is -2.35. The molecule has 0 spiro atoms. The summed E-state index contributed by atoms with van der Waals surface area (Å²) < 4.78 is 5.57. The molecule has 0 saturated carbocycles. The van der Waals surface area contributed by atoms with Gasteiger partial charge in [0.1, 0.15) is 5.75 Å². The fourth-order valence-corrected chi connectivity index (χ4v) is 2.17. The number of fused-ring (bicyclic) bond motifs is 1. The quantitative estimate of drug-likeness (QED) is 0.881. The normalized spacial score (nSPS) is 17.1. The Morgan fingerprint density at radius 3 is 2.71 bits per heavy atom. The molecule has 1 atom stereocenters. The minimum absolute atomic E-state index is 0.00933. The number of benzene rings is 1. The Morgan fingerprint density at radius 2 is 2.10 bits per heavy atom. The number of primary amides is 1. The Bertz CT molecular complexity index is 545. The van der Waals surface area contributed by atoms with Gasteiger partial charge < -0.3 is 20.3 Å². The predicted octanol–water partition coefficient (Wildman–Crippen LogP) is 0.606. The number of hydrogen-bond acceptors (Lipinski definition) is 4. The van der Waals surface area contributed by atoms with Gasteiger partial charge in [0.2, 0.25) is 5.91 Å². The highest BCUT2D eigenvalue weighted by Crippen LogP contribution is 2.32. The van der Waals surface area contributed by atoms with Crippen molar-refractivity contribution in [3.8, 4) is 5.75 Å². The predicted molar refractivity (Wildman–Crippen MR) is 80.2 cm³/mol. The van der Waals surface area contributed by atoms with Gasteiger partial charge in [-0.2, -0.15) is 0 Å². The highest BCUT2D eigenvalue weighted by atomic mass is 16.5. The van der Waals surface area contributed by atoms with E-state index in [-0.39, 0.29) is 25.0 Å². The molecule has 0 saturated heterocycles. The first-order valence-corrected chi connectivity index (χ1v) is 6.95. The van der Waals surface area contributed by atoms with Crippen molar-refractivity contribution in [1.29, 1.82) is 0 Å². The third kappa shape index (κ3) is 3.26.